The maximum absolute atomic E-state index is 12.6. The molecule has 1 saturated heterocycles. The summed E-state index contributed by atoms with van der Waals surface area (Å²) < 4.78 is 43.2. The molecule has 1 unspecified atom stereocenters. The maximum atomic E-state index is 12.6. The number of esters is 1. The summed E-state index contributed by atoms with van der Waals surface area (Å²) in [5.41, 5.74) is -0.647. The van der Waals surface area contributed by atoms with E-state index in [4.69, 9.17) is 4.74 Å². The number of ether oxygens (including phenoxy) is 1. The molecule has 30 heavy (non-hydrogen) atoms. The number of hydrogen-bond donors (Lipinski definition) is 1. The SMILES string of the molecule is CC(C)CNC(=O)C(C)OC(=O)C1CCN(C(=O)c2ccc(C(F)(F)F)cc2)CC1. The second-order valence-corrected chi connectivity index (χ2v) is 7.86. The number of piperidine rings is 1. The van der Waals surface area contributed by atoms with Crippen LogP contribution in [0.4, 0.5) is 13.2 Å². The first-order valence-electron chi connectivity index (χ1n) is 9.93. The average molecular weight is 428 g/mol. The van der Waals surface area contributed by atoms with Gasteiger partial charge in [-0.25, -0.2) is 0 Å². The number of nitrogens with zero attached hydrogens (tertiary/aromatic N) is 1. The Hall–Kier alpha value is -2.58. The molecule has 2 amide bonds. The predicted molar refractivity (Wildman–Crippen MR) is 103 cm³/mol. The van der Waals surface area contributed by atoms with Gasteiger partial charge in [0.05, 0.1) is 11.5 Å². The van der Waals surface area contributed by atoms with E-state index < -0.39 is 29.7 Å². The molecule has 1 aromatic carbocycles. The third-order valence-corrected chi connectivity index (χ3v) is 4.92. The second-order valence-electron chi connectivity index (χ2n) is 7.86. The Labute approximate surface area is 173 Å². The fourth-order valence-corrected chi connectivity index (χ4v) is 3.08. The summed E-state index contributed by atoms with van der Waals surface area (Å²) in [6.07, 6.45) is -4.62. The Bertz CT molecular complexity index is 755. The Morgan fingerprint density at radius 1 is 1.10 bits per heavy atom. The van der Waals surface area contributed by atoms with Gasteiger partial charge in [-0.2, -0.15) is 13.2 Å². The van der Waals surface area contributed by atoms with Crippen molar-refractivity contribution < 1.29 is 32.3 Å². The van der Waals surface area contributed by atoms with E-state index in [0.29, 0.717) is 19.4 Å². The van der Waals surface area contributed by atoms with Gasteiger partial charge in [0.2, 0.25) is 0 Å². The fourth-order valence-electron chi connectivity index (χ4n) is 3.08. The van der Waals surface area contributed by atoms with Gasteiger partial charge in [-0.05, 0) is 49.9 Å². The number of nitrogens with one attached hydrogen (secondary N) is 1. The van der Waals surface area contributed by atoms with Gasteiger partial charge in [-0.15, -0.1) is 0 Å². The standard InChI is InChI=1S/C21H27F3N2O4/c1-13(2)12-25-18(27)14(3)30-20(29)16-8-10-26(11-9-16)19(28)15-4-6-17(7-5-15)21(22,23)24/h4-7,13-14,16H,8-12H2,1-3H3,(H,25,27). The molecule has 0 aromatic heterocycles. The molecule has 1 atom stereocenters. The molecule has 0 spiro atoms. The van der Waals surface area contributed by atoms with Crippen molar-refractivity contribution in [1.29, 1.82) is 0 Å². The van der Waals surface area contributed by atoms with Gasteiger partial charge in [-0.1, -0.05) is 13.8 Å². The molecule has 0 saturated carbocycles. The number of benzene rings is 1. The summed E-state index contributed by atoms with van der Waals surface area (Å²) in [6, 6.07) is 4.07. The van der Waals surface area contributed by atoms with Crippen molar-refractivity contribution in [3.8, 4) is 0 Å². The molecular weight excluding hydrogens is 401 g/mol. The van der Waals surface area contributed by atoms with Crippen LogP contribution in [0.5, 0.6) is 0 Å². The number of rotatable bonds is 6. The van der Waals surface area contributed by atoms with Crippen molar-refractivity contribution in [2.24, 2.45) is 11.8 Å². The third-order valence-electron chi connectivity index (χ3n) is 4.92. The summed E-state index contributed by atoms with van der Waals surface area (Å²) in [5, 5.41) is 2.70. The van der Waals surface area contributed by atoms with Crippen molar-refractivity contribution in [2.45, 2.75) is 45.9 Å². The number of carbonyl (C=O) groups is 3. The van der Waals surface area contributed by atoms with Crippen LogP contribution in [0.2, 0.25) is 0 Å². The number of likely N-dealkylation sites (tertiary alicyclic amines) is 1. The minimum atomic E-state index is -4.46. The Kier molecular flexibility index (Phi) is 7.86. The van der Waals surface area contributed by atoms with Crippen LogP contribution in [0.25, 0.3) is 0 Å². The van der Waals surface area contributed by atoms with E-state index >= 15 is 0 Å². The summed E-state index contributed by atoms with van der Waals surface area (Å²) in [6.45, 7) is 6.48. The topological polar surface area (TPSA) is 75.7 Å². The molecule has 1 aliphatic heterocycles. The minimum Gasteiger partial charge on any atom is -0.452 e. The summed E-state index contributed by atoms with van der Waals surface area (Å²) in [5.74, 6) is -1.36. The molecule has 0 bridgehead atoms. The number of amides is 2. The fraction of sp³-hybridized carbons (Fsp3) is 0.571. The normalized spacial score (nSPS) is 16.3. The van der Waals surface area contributed by atoms with E-state index in [1.54, 1.807) is 0 Å². The lowest BCUT2D eigenvalue weighted by Crippen LogP contribution is -2.42. The molecule has 9 heteroatoms. The van der Waals surface area contributed by atoms with Crippen molar-refractivity contribution in [3.63, 3.8) is 0 Å². The Morgan fingerprint density at radius 2 is 1.67 bits per heavy atom. The third kappa shape index (κ3) is 6.47. The Balaban J connectivity index is 1.84. The van der Waals surface area contributed by atoms with Crippen LogP contribution in [0.3, 0.4) is 0 Å². The molecule has 0 aliphatic carbocycles. The first-order valence-corrected chi connectivity index (χ1v) is 9.93. The lowest BCUT2D eigenvalue weighted by atomic mass is 9.96. The van der Waals surface area contributed by atoms with Gasteiger partial charge in [0.25, 0.3) is 11.8 Å². The number of hydrogen-bond acceptors (Lipinski definition) is 4. The highest BCUT2D eigenvalue weighted by Crippen LogP contribution is 2.29. The van der Waals surface area contributed by atoms with E-state index in [9.17, 15) is 27.6 Å². The molecule has 1 fully saturated rings. The van der Waals surface area contributed by atoms with E-state index in [2.05, 4.69) is 5.32 Å². The molecule has 1 N–H and O–H groups in total. The molecule has 1 heterocycles. The van der Waals surface area contributed by atoms with E-state index in [0.717, 1.165) is 24.3 Å². The van der Waals surface area contributed by atoms with Gasteiger partial charge in [0.15, 0.2) is 6.10 Å². The van der Waals surface area contributed by atoms with Crippen molar-refractivity contribution in [1.82, 2.24) is 10.2 Å². The minimum absolute atomic E-state index is 0.166. The van der Waals surface area contributed by atoms with Crippen molar-refractivity contribution in [3.05, 3.63) is 35.4 Å². The van der Waals surface area contributed by atoms with Gasteiger partial charge in [0.1, 0.15) is 0 Å². The van der Waals surface area contributed by atoms with Crippen LogP contribution in [-0.2, 0) is 20.5 Å². The largest absolute Gasteiger partial charge is 0.452 e. The highest BCUT2D eigenvalue weighted by atomic mass is 19.4. The number of carbonyl (C=O) groups excluding carboxylic acids is 3. The zero-order valence-electron chi connectivity index (χ0n) is 17.3. The number of alkyl halides is 3. The van der Waals surface area contributed by atoms with E-state index in [1.807, 2.05) is 13.8 Å². The highest BCUT2D eigenvalue weighted by molar-refractivity contribution is 5.94. The Morgan fingerprint density at radius 3 is 2.17 bits per heavy atom. The molecule has 166 valence electrons. The van der Waals surface area contributed by atoms with Gasteiger partial charge < -0.3 is 15.0 Å². The summed E-state index contributed by atoms with van der Waals surface area (Å²) in [7, 11) is 0. The van der Waals surface area contributed by atoms with Gasteiger partial charge in [-0.3, -0.25) is 14.4 Å². The van der Waals surface area contributed by atoms with E-state index in [1.165, 1.54) is 11.8 Å². The van der Waals surface area contributed by atoms with E-state index in [-0.39, 0.29) is 36.4 Å². The quantitative estimate of drug-likeness (QED) is 0.706. The molecule has 2 rings (SSSR count). The second kappa shape index (κ2) is 9.95. The smallest absolute Gasteiger partial charge is 0.416 e. The van der Waals surface area contributed by atoms with Crippen molar-refractivity contribution in [2.75, 3.05) is 19.6 Å². The monoisotopic (exact) mass is 428 g/mol. The van der Waals surface area contributed by atoms with Crippen molar-refractivity contribution >= 4 is 17.8 Å². The molecule has 6 nitrogen and oxygen atoms in total. The maximum Gasteiger partial charge on any atom is 0.416 e. The lowest BCUT2D eigenvalue weighted by Gasteiger charge is -2.31. The molecule has 1 aliphatic rings. The molecule has 1 aromatic rings. The van der Waals surface area contributed by atoms with Crippen LogP contribution in [0.15, 0.2) is 24.3 Å². The molecular formula is C21H27F3N2O4. The zero-order valence-corrected chi connectivity index (χ0v) is 17.3. The first kappa shape index (κ1) is 23.7. The zero-order chi connectivity index (χ0) is 22.5. The summed E-state index contributed by atoms with van der Waals surface area (Å²) >= 11 is 0. The first-order chi connectivity index (χ1) is 14.0. The van der Waals surface area contributed by atoms with Crippen LogP contribution in [0.1, 0.15) is 49.5 Å². The number of halogens is 3. The predicted octanol–water partition coefficient (Wildman–Crippen LogP) is 3.26. The van der Waals surface area contributed by atoms with Crippen LogP contribution >= 0.6 is 0 Å². The average Bonchev–Trinajstić information content (AvgIpc) is 2.70. The summed E-state index contributed by atoms with van der Waals surface area (Å²) in [4.78, 5) is 38.3. The van der Waals surface area contributed by atoms with Crippen LogP contribution < -0.4 is 5.32 Å². The van der Waals surface area contributed by atoms with Gasteiger partial charge >= 0.3 is 12.1 Å². The van der Waals surface area contributed by atoms with Crippen LogP contribution in [0, 0.1) is 11.8 Å². The van der Waals surface area contributed by atoms with Gasteiger partial charge in [0, 0.05) is 25.2 Å². The lowest BCUT2D eigenvalue weighted by molar-refractivity contribution is -0.160. The highest BCUT2D eigenvalue weighted by Gasteiger charge is 2.32. The molecule has 0 radical (unpaired) electrons. The van der Waals surface area contributed by atoms with Crippen LogP contribution in [-0.4, -0.2) is 48.4 Å².